The summed E-state index contributed by atoms with van der Waals surface area (Å²) in [7, 11) is 4.12. The number of hydrogen-bond donors (Lipinski definition) is 1. The molecule has 2 N–H and O–H groups in total. The van der Waals surface area contributed by atoms with E-state index in [4.69, 9.17) is 15.2 Å². The van der Waals surface area contributed by atoms with Gasteiger partial charge in [-0.3, -0.25) is 0 Å². The molecule has 0 aromatic heterocycles. The third-order valence-electron chi connectivity index (χ3n) is 1.53. The van der Waals surface area contributed by atoms with Gasteiger partial charge in [0.1, 0.15) is 0 Å². The number of hydrogen-bond acceptors (Lipinski definition) is 4. The molecule has 0 aliphatic heterocycles. The second-order valence-corrected chi connectivity index (χ2v) is 3.17. The standard InChI is InChI=1S/C9H22N2O2/c1-11(2)5-3-6-12-8-9-13-7-4-10/h3-10H2,1-2H3. The lowest BCUT2D eigenvalue weighted by molar-refractivity contribution is 0.0482. The highest BCUT2D eigenvalue weighted by Gasteiger charge is 1.91. The Hall–Kier alpha value is -0.160. The summed E-state index contributed by atoms with van der Waals surface area (Å²) in [5.41, 5.74) is 5.25. The lowest BCUT2D eigenvalue weighted by Crippen LogP contribution is -2.16. The molecule has 0 aromatic carbocycles. The summed E-state index contributed by atoms with van der Waals surface area (Å²) < 4.78 is 10.5. The first-order valence-corrected chi connectivity index (χ1v) is 4.77. The lowest BCUT2D eigenvalue weighted by atomic mass is 10.4. The van der Waals surface area contributed by atoms with Crippen LogP contribution in [0.1, 0.15) is 6.42 Å². The molecule has 0 saturated carbocycles. The summed E-state index contributed by atoms with van der Waals surface area (Å²) in [5, 5.41) is 0. The van der Waals surface area contributed by atoms with Crippen molar-refractivity contribution in [3.8, 4) is 0 Å². The molecule has 0 saturated heterocycles. The molecule has 80 valence electrons. The Morgan fingerprint density at radius 3 is 2.15 bits per heavy atom. The molecular formula is C9H22N2O2. The minimum absolute atomic E-state index is 0.584. The average Bonchev–Trinajstić information content (AvgIpc) is 2.09. The van der Waals surface area contributed by atoms with E-state index in [1.54, 1.807) is 0 Å². The van der Waals surface area contributed by atoms with Gasteiger partial charge in [0.2, 0.25) is 0 Å². The van der Waals surface area contributed by atoms with Gasteiger partial charge < -0.3 is 20.1 Å². The van der Waals surface area contributed by atoms with Gasteiger partial charge in [-0.05, 0) is 27.1 Å². The highest BCUT2D eigenvalue weighted by atomic mass is 16.5. The Balaban J connectivity index is 2.84. The van der Waals surface area contributed by atoms with Gasteiger partial charge in [-0.15, -0.1) is 0 Å². The maximum atomic E-state index is 5.34. The SMILES string of the molecule is CN(C)CCCOCCOCCN. The zero-order chi connectivity index (χ0) is 9.94. The van der Waals surface area contributed by atoms with Crippen molar-refractivity contribution in [2.45, 2.75) is 6.42 Å². The van der Waals surface area contributed by atoms with E-state index in [1.165, 1.54) is 0 Å². The maximum absolute atomic E-state index is 5.34. The van der Waals surface area contributed by atoms with E-state index in [9.17, 15) is 0 Å². The van der Waals surface area contributed by atoms with E-state index in [1.807, 2.05) is 0 Å². The minimum atomic E-state index is 0.584. The first-order valence-electron chi connectivity index (χ1n) is 4.77. The van der Waals surface area contributed by atoms with Crippen molar-refractivity contribution in [2.24, 2.45) is 5.73 Å². The van der Waals surface area contributed by atoms with Crippen molar-refractivity contribution in [1.29, 1.82) is 0 Å². The minimum Gasteiger partial charge on any atom is -0.379 e. The van der Waals surface area contributed by atoms with E-state index in [-0.39, 0.29) is 0 Å². The highest BCUT2D eigenvalue weighted by Crippen LogP contribution is 1.85. The van der Waals surface area contributed by atoms with Gasteiger partial charge in [0.15, 0.2) is 0 Å². The van der Waals surface area contributed by atoms with E-state index in [0.29, 0.717) is 26.4 Å². The lowest BCUT2D eigenvalue weighted by Gasteiger charge is -2.09. The summed E-state index contributed by atoms with van der Waals surface area (Å²) in [6.07, 6.45) is 1.07. The van der Waals surface area contributed by atoms with Crippen LogP contribution in [0.3, 0.4) is 0 Å². The maximum Gasteiger partial charge on any atom is 0.0701 e. The van der Waals surface area contributed by atoms with Crippen molar-refractivity contribution < 1.29 is 9.47 Å². The molecule has 0 aliphatic carbocycles. The van der Waals surface area contributed by atoms with Crippen LogP contribution in [0.25, 0.3) is 0 Å². The summed E-state index contributed by atoms with van der Waals surface area (Å²) in [6.45, 7) is 4.42. The fourth-order valence-corrected chi connectivity index (χ4v) is 0.888. The summed E-state index contributed by atoms with van der Waals surface area (Å²) in [4.78, 5) is 2.15. The van der Waals surface area contributed by atoms with Crippen molar-refractivity contribution in [3.05, 3.63) is 0 Å². The van der Waals surface area contributed by atoms with Crippen LogP contribution in [0, 0.1) is 0 Å². The fourth-order valence-electron chi connectivity index (χ4n) is 0.888. The van der Waals surface area contributed by atoms with Crippen LogP contribution in [0.15, 0.2) is 0 Å². The highest BCUT2D eigenvalue weighted by molar-refractivity contribution is 4.42. The molecule has 0 unspecified atom stereocenters. The molecule has 0 atom stereocenters. The quantitative estimate of drug-likeness (QED) is 0.517. The van der Waals surface area contributed by atoms with Gasteiger partial charge in [-0.2, -0.15) is 0 Å². The molecule has 0 radical (unpaired) electrons. The number of nitrogens with zero attached hydrogens (tertiary/aromatic N) is 1. The van der Waals surface area contributed by atoms with Crippen molar-refractivity contribution in [3.63, 3.8) is 0 Å². The molecule has 0 aliphatic rings. The molecular weight excluding hydrogens is 168 g/mol. The van der Waals surface area contributed by atoms with E-state index in [0.717, 1.165) is 19.6 Å². The van der Waals surface area contributed by atoms with Crippen molar-refractivity contribution >= 4 is 0 Å². The normalized spacial score (nSPS) is 11.1. The number of ether oxygens (including phenoxy) is 2. The molecule has 0 rings (SSSR count). The van der Waals surface area contributed by atoms with Crippen LogP contribution >= 0.6 is 0 Å². The van der Waals surface area contributed by atoms with Gasteiger partial charge in [-0.1, -0.05) is 0 Å². The van der Waals surface area contributed by atoms with Gasteiger partial charge >= 0.3 is 0 Å². The molecule has 0 spiro atoms. The molecule has 0 bridgehead atoms. The number of rotatable bonds is 9. The molecule has 4 heteroatoms. The zero-order valence-corrected chi connectivity index (χ0v) is 8.79. The van der Waals surface area contributed by atoms with E-state index in [2.05, 4.69) is 19.0 Å². The van der Waals surface area contributed by atoms with E-state index < -0.39 is 0 Å². The van der Waals surface area contributed by atoms with Crippen LogP contribution in [-0.2, 0) is 9.47 Å². The largest absolute Gasteiger partial charge is 0.379 e. The molecule has 4 nitrogen and oxygen atoms in total. The van der Waals surface area contributed by atoms with Gasteiger partial charge in [-0.25, -0.2) is 0 Å². The van der Waals surface area contributed by atoms with Crippen molar-refractivity contribution in [1.82, 2.24) is 4.90 Å². The Bertz CT molecular complexity index is 99.6. The van der Waals surface area contributed by atoms with Crippen LogP contribution in [-0.4, -0.2) is 58.5 Å². The first-order chi connectivity index (χ1) is 6.27. The van der Waals surface area contributed by atoms with Crippen LogP contribution < -0.4 is 5.73 Å². The second-order valence-electron chi connectivity index (χ2n) is 3.17. The van der Waals surface area contributed by atoms with Crippen LogP contribution in [0.5, 0.6) is 0 Å². The predicted octanol–water partition coefficient (Wildman–Crippen LogP) is -0.0700. The molecule has 0 amide bonds. The van der Waals surface area contributed by atoms with Crippen LogP contribution in [0.4, 0.5) is 0 Å². The van der Waals surface area contributed by atoms with Gasteiger partial charge in [0, 0.05) is 13.2 Å². The fraction of sp³-hybridized carbons (Fsp3) is 1.00. The molecule has 0 fully saturated rings. The Morgan fingerprint density at radius 2 is 1.62 bits per heavy atom. The summed E-state index contributed by atoms with van der Waals surface area (Å²) in [6, 6.07) is 0. The predicted molar refractivity (Wildman–Crippen MR) is 53.9 cm³/mol. The molecule has 13 heavy (non-hydrogen) atoms. The third-order valence-corrected chi connectivity index (χ3v) is 1.53. The topological polar surface area (TPSA) is 47.7 Å². The monoisotopic (exact) mass is 190 g/mol. The summed E-state index contributed by atoms with van der Waals surface area (Å²) >= 11 is 0. The zero-order valence-electron chi connectivity index (χ0n) is 8.79. The molecule has 0 aromatic rings. The smallest absolute Gasteiger partial charge is 0.0701 e. The van der Waals surface area contributed by atoms with Gasteiger partial charge in [0.05, 0.1) is 19.8 Å². The summed E-state index contributed by atoms with van der Waals surface area (Å²) in [5.74, 6) is 0. The third kappa shape index (κ3) is 11.8. The second kappa shape index (κ2) is 9.92. The Morgan fingerprint density at radius 1 is 1.00 bits per heavy atom. The number of nitrogens with two attached hydrogens (primary N) is 1. The first kappa shape index (κ1) is 12.8. The van der Waals surface area contributed by atoms with Crippen LogP contribution in [0.2, 0.25) is 0 Å². The molecule has 0 heterocycles. The van der Waals surface area contributed by atoms with E-state index >= 15 is 0 Å². The van der Waals surface area contributed by atoms with Gasteiger partial charge in [0.25, 0.3) is 0 Å². The average molecular weight is 190 g/mol. The Labute approximate surface area is 81.0 Å². The van der Waals surface area contributed by atoms with Crippen molar-refractivity contribution in [2.75, 3.05) is 53.6 Å². The Kier molecular flexibility index (Phi) is 9.80.